The number of hydrogen-bond donors (Lipinski definition) is 3. The van der Waals surface area contributed by atoms with E-state index in [1.807, 2.05) is 6.92 Å². The molecule has 2 aromatic rings. The summed E-state index contributed by atoms with van der Waals surface area (Å²) in [4.78, 5) is 3.94. The number of ether oxygens (including phenoxy) is 5. The van der Waals surface area contributed by atoms with E-state index < -0.39 is 46.5 Å². The van der Waals surface area contributed by atoms with E-state index >= 15 is 0 Å². The molecule has 3 saturated carbocycles. The van der Waals surface area contributed by atoms with E-state index in [4.69, 9.17) is 23.7 Å². The highest BCUT2D eigenvalue weighted by Crippen LogP contribution is 2.75. The lowest BCUT2D eigenvalue weighted by Crippen LogP contribution is -2.74. The largest absolute Gasteiger partial charge is 0.387 e. The van der Waals surface area contributed by atoms with Gasteiger partial charge < -0.3 is 38.9 Å². The molecule has 8 heteroatoms. The molecule has 8 nitrogen and oxygen atoms in total. The van der Waals surface area contributed by atoms with Gasteiger partial charge in [0.05, 0.1) is 17.1 Å². The average molecular weight is 630 g/mol. The number of aromatic nitrogens is 1. The number of aromatic amines is 1. The summed E-state index contributed by atoms with van der Waals surface area (Å²) in [6, 6.07) is 4.35. The second kappa shape index (κ2) is 8.21. The first-order valence-corrected chi connectivity index (χ1v) is 17.4. The molecule has 246 valence electrons. The highest BCUT2D eigenvalue weighted by Gasteiger charge is 2.82. The van der Waals surface area contributed by atoms with Gasteiger partial charge in [-0.2, -0.15) is 0 Å². The molecule has 46 heavy (non-hydrogen) atoms. The molecule has 10 rings (SSSR count). The minimum absolute atomic E-state index is 0.00870. The van der Waals surface area contributed by atoms with Crippen molar-refractivity contribution in [1.29, 1.82) is 0 Å². The average Bonchev–Trinajstić information content (AvgIpc) is 3.61. The van der Waals surface area contributed by atoms with Gasteiger partial charge in [0.2, 0.25) is 0 Å². The second-order valence-corrected chi connectivity index (χ2v) is 17.0. The summed E-state index contributed by atoms with van der Waals surface area (Å²) in [6.45, 7) is 19.4. The number of rotatable bonds is 2. The van der Waals surface area contributed by atoms with Crippen LogP contribution in [0.5, 0.6) is 0 Å². The quantitative estimate of drug-likeness (QED) is 0.294. The molecule has 0 radical (unpaired) electrons. The van der Waals surface area contributed by atoms with Crippen molar-refractivity contribution in [1.82, 2.24) is 4.98 Å². The van der Waals surface area contributed by atoms with Crippen LogP contribution in [0.2, 0.25) is 0 Å². The van der Waals surface area contributed by atoms with Gasteiger partial charge in [-0.05, 0) is 93.9 Å². The molecule has 5 heterocycles. The van der Waals surface area contributed by atoms with Crippen LogP contribution in [0.25, 0.3) is 10.9 Å². The number of aliphatic hydroxyl groups excluding tert-OH is 1. The molecule has 2 saturated heterocycles. The van der Waals surface area contributed by atoms with Crippen LogP contribution in [-0.4, -0.2) is 63.7 Å². The van der Waals surface area contributed by atoms with E-state index in [0.29, 0.717) is 6.42 Å². The summed E-state index contributed by atoms with van der Waals surface area (Å²) in [6.07, 6.45) is 2.55. The van der Waals surface area contributed by atoms with E-state index in [1.165, 1.54) is 0 Å². The number of benzene rings is 1. The Hall–Kier alpha value is -2.04. The number of fused-ring (bicyclic) bond motifs is 4. The number of hydrogen-bond acceptors (Lipinski definition) is 7. The SMILES string of the molecule is C=C(C)C1OC2CCC3(C)C(CCC4(OC)OC5OC(C)(C)C6CC7C(=C)Cc8ccc9[nH]c(c5c9c8C76O)C43C)C23OC3C1O. The van der Waals surface area contributed by atoms with E-state index in [0.717, 1.165) is 76.5 Å². The Morgan fingerprint density at radius 2 is 1.85 bits per heavy atom. The van der Waals surface area contributed by atoms with E-state index in [1.54, 1.807) is 7.11 Å². The van der Waals surface area contributed by atoms with Gasteiger partial charge in [-0.15, -0.1) is 0 Å². The lowest BCUT2D eigenvalue weighted by molar-refractivity contribution is -0.399. The number of H-pyrrole nitrogens is 1. The van der Waals surface area contributed by atoms with E-state index in [-0.39, 0.29) is 35.4 Å². The zero-order valence-electron chi connectivity index (χ0n) is 27.9. The fourth-order valence-electron chi connectivity index (χ4n) is 12.7. The molecule has 13 unspecified atom stereocenters. The fourth-order valence-corrected chi connectivity index (χ4v) is 12.7. The van der Waals surface area contributed by atoms with E-state index in [2.05, 4.69) is 58.0 Å². The van der Waals surface area contributed by atoms with Crippen LogP contribution in [0, 0.1) is 23.2 Å². The van der Waals surface area contributed by atoms with Gasteiger partial charge in [-0.25, -0.2) is 0 Å². The molecule has 13 atom stereocenters. The van der Waals surface area contributed by atoms with Crippen molar-refractivity contribution in [3.8, 4) is 0 Å². The lowest BCUT2D eigenvalue weighted by atomic mass is 9.41. The number of methoxy groups -OCH3 is 1. The van der Waals surface area contributed by atoms with Crippen molar-refractivity contribution >= 4 is 10.9 Å². The summed E-state index contributed by atoms with van der Waals surface area (Å²) >= 11 is 0. The predicted octanol–water partition coefficient (Wildman–Crippen LogP) is 5.59. The molecule has 4 aliphatic heterocycles. The zero-order chi connectivity index (χ0) is 32.1. The summed E-state index contributed by atoms with van der Waals surface area (Å²) in [5, 5.41) is 25.3. The first kappa shape index (κ1) is 28.9. The van der Waals surface area contributed by atoms with Crippen LogP contribution in [0.3, 0.4) is 0 Å². The Bertz CT molecular complexity index is 1780. The molecule has 1 spiro atoms. The van der Waals surface area contributed by atoms with Crippen molar-refractivity contribution in [2.24, 2.45) is 23.2 Å². The Balaban J connectivity index is 1.21. The van der Waals surface area contributed by atoms with Gasteiger partial charge in [0.15, 0.2) is 12.1 Å². The standard InChI is InChI=1S/C38H47NO7/c1-17(2)29-28(40)31-38(44-31)22-11-14-36(42-8)35(7,34(22,6)13-12-24(38)43-29)30-26-25-21(39-30)10-9-19-15-18(3)20-16-23(37(20,41)27(19)25)33(4,5)45-32(26)46-36/h9-10,20,22-24,28-29,31-32,39-41H,1,3,11-16H2,2,4-8H3. The summed E-state index contributed by atoms with van der Waals surface area (Å²) < 4.78 is 34.3. The van der Waals surface area contributed by atoms with Gasteiger partial charge in [0, 0.05) is 47.5 Å². The smallest absolute Gasteiger partial charge is 0.190 e. The summed E-state index contributed by atoms with van der Waals surface area (Å²) in [5.41, 5.74) is 3.93. The molecular formula is C38H47NO7. The number of epoxide rings is 1. The van der Waals surface area contributed by atoms with Crippen molar-refractivity contribution < 1.29 is 33.9 Å². The molecule has 5 fully saturated rings. The van der Waals surface area contributed by atoms with Gasteiger partial charge in [-0.3, -0.25) is 0 Å². The van der Waals surface area contributed by atoms with Gasteiger partial charge in [-0.1, -0.05) is 31.7 Å². The molecule has 4 aliphatic carbocycles. The third kappa shape index (κ3) is 2.79. The Morgan fingerprint density at radius 3 is 2.59 bits per heavy atom. The Labute approximate surface area is 270 Å². The highest BCUT2D eigenvalue weighted by atomic mass is 16.8. The first-order valence-electron chi connectivity index (χ1n) is 17.4. The molecule has 0 amide bonds. The predicted molar refractivity (Wildman–Crippen MR) is 170 cm³/mol. The maximum Gasteiger partial charge on any atom is 0.190 e. The summed E-state index contributed by atoms with van der Waals surface area (Å²) in [5.74, 6) is -0.958. The second-order valence-electron chi connectivity index (χ2n) is 17.0. The lowest BCUT2D eigenvalue weighted by Gasteiger charge is -2.68. The van der Waals surface area contributed by atoms with E-state index in [9.17, 15) is 10.2 Å². The molecule has 1 aromatic heterocycles. The first-order chi connectivity index (χ1) is 21.7. The Kier molecular flexibility index (Phi) is 5.17. The highest BCUT2D eigenvalue weighted by molar-refractivity contribution is 5.92. The number of nitrogens with one attached hydrogen (secondary N) is 1. The van der Waals surface area contributed by atoms with Crippen LogP contribution >= 0.6 is 0 Å². The van der Waals surface area contributed by atoms with Crippen LogP contribution < -0.4 is 0 Å². The van der Waals surface area contributed by atoms with Crippen LogP contribution in [0.15, 0.2) is 36.4 Å². The molecule has 3 N–H and O–H groups in total. The molecule has 0 bridgehead atoms. The zero-order valence-corrected chi connectivity index (χ0v) is 27.9. The normalized spacial score (nSPS) is 51.9. The topological polar surface area (TPSA) is 106 Å². The van der Waals surface area contributed by atoms with Crippen molar-refractivity contribution in [3.63, 3.8) is 0 Å². The van der Waals surface area contributed by atoms with Crippen molar-refractivity contribution in [2.45, 2.75) is 132 Å². The fraction of sp³-hybridized carbons (Fsp3) is 0.684. The third-order valence-electron chi connectivity index (χ3n) is 15.1. The van der Waals surface area contributed by atoms with Crippen LogP contribution in [0.1, 0.15) is 95.4 Å². The Morgan fingerprint density at radius 1 is 1.07 bits per heavy atom. The molecule has 8 aliphatic rings. The maximum atomic E-state index is 12.8. The van der Waals surface area contributed by atoms with Crippen molar-refractivity contribution in [2.75, 3.05) is 7.11 Å². The minimum Gasteiger partial charge on any atom is -0.387 e. The maximum absolute atomic E-state index is 12.8. The third-order valence-corrected chi connectivity index (χ3v) is 15.1. The van der Waals surface area contributed by atoms with Crippen LogP contribution in [-0.2, 0) is 41.1 Å². The molecular weight excluding hydrogens is 582 g/mol. The minimum atomic E-state index is -1.05. The molecule has 1 aromatic carbocycles. The van der Waals surface area contributed by atoms with Crippen molar-refractivity contribution in [3.05, 3.63) is 58.8 Å². The monoisotopic (exact) mass is 629 g/mol. The van der Waals surface area contributed by atoms with Gasteiger partial charge in [0.25, 0.3) is 0 Å². The number of aliphatic hydroxyl groups is 2. The van der Waals surface area contributed by atoms with Gasteiger partial charge in [0.1, 0.15) is 29.5 Å². The van der Waals surface area contributed by atoms with Gasteiger partial charge >= 0.3 is 0 Å². The van der Waals surface area contributed by atoms with Crippen LogP contribution in [0.4, 0.5) is 0 Å². The summed E-state index contributed by atoms with van der Waals surface area (Å²) in [7, 11) is 1.78.